The molecule has 0 aromatic heterocycles. The summed E-state index contributed by atoms with van der Waals surface area (Å²) in [5.41, 5.74) is 6.90. The Hall–Kier alpha value is -1.27. The van der Waals surface area contributed by atoms with Crippen molar-refractivity contribution >= 4 is 21.4 Å². The Balaban J connectivity index is 3.10. The summed E-state index contributed by atoms with van der Waals surface area (Å²) in [5, 5.41) is 5.15. The predicted molar refractivity (Wildman–Crippen MR) is 79.5 cm³/mol. The average Bonchev–Trinajstić information content (AvgIpc) is 2.25. The summed E-state index contributed by atoms with van der Waals surface area (Å²) in [7, 11) is -1.81. The number of nitrogens with zero attached hydrogens (tertiary/aromatic N) is 1. The molecule has 108 valence electrons. The first-order chi connectivity index (χ1) is 8.61. The summed E-state index contributed by atoms with van der Waals surface area (Å²) in [6.07, 6.45) is 1.01. The molecule has 0 aliphatic heterocycles. The van der Waals surface area contributed by atoms with E-state index < -0.39 is 10.0 Å². The van der Waals surface area contributed by atoms with Crippen molar-refractivity contribution in [1.29, 1.82) is 0 Å². The standard InChI is InChI=1S/C13H23N3O2S/c1-9(2)5-10(3)16(4)12-6-11(14)7-13(8-12)19(15,17)18/h6-10H,5,14H2,1-4H3,(H2,15,17,18). The third-order valence-corrected chi connectivity index (χ3v) is 4.02. The van der Waals surface area contributed by atoms with Crippen molar-refractivity contribution in [3.8, 4) is 0 Å². The van der Waals surface area contributed by atoms with Crippen LogP contribution in [0.25, 0.3) is 0 Å². The highest BCUT2D eigenvalue weighted by Gasteiger charge is 2.16. The molecule has 1 aromatic rings. The van der Waals surface area contributed by atoms with Gasteiger partial charge in [-0.25, -0.2) is 13.6 Å². The van der Waals surface area contributed by atoms with Crippen LogP contribution in [0.15, 0.2) is 23.1 Å². The van der Waals surface area contributed by atoms with E-state index in [1.54, 1.807) is 12.1 Å². The Morgan fingerprint density at radius 1 is 1.21 bits per heavy atom. The predicted octanol–water partition coefficient (Wildman–Crippen LogP) is 1.79. The molecule has 0 aliphatic rings. The molecular weight excluding hydrogens is 262 g/mol. The van der Waals surface area contributed by atoms with Crippen LogP contribution in [-0.2, 0) is 10.0 Å². The molecule has 1 unspecified atom stereocenters. The van der Waals surface area contributed by atoms with Gasteiger partial charge in [0, 0.05) is 24.5 Å². The molecule has 1 aromatic carbocycles. The van der Waals surface area contributed by atoms with Gasteiger partial charge in [-0.2, -0.15) is 0 Å². The quantitative estimate of drug-likeness (QED) is 0.807. The van der Waals surface area contributed by atoms with Gasteiger partial charge in [0.2, 0.25) is 10.0 Å². The Labute approximate surface area is 115 Å². The largest absolute Gasteiger partial charge is 0.399 e. The monoisotopic (exact) mass is 285 g/mol. The van der Waals surface area contributed by atoms with E-state index >= 15 is 0 Å². The molecule has 0 heterocycles. The zero-order valence-corrected chi connectivity index (χ0v) is 12.7. The second-order valence-corrected chi connectivity index (χ2v) is 6.96. The summed E-state index contributed by atoms with van der Waals surface area (Å²) in [4.78, 5) is 2.07. The number of anilines is 2. The van der Waals surface area contributed by atoms with E-state index in [-0.39, 0.29) is 10.9 Å². The van der Waals surface area contributed by atoms with Crippen LogP contribution in [-0.4, -0.2) is 21.5 Å². The molecule has 19 heavy (non-hydrogen) atoms. The van der Waals surface area contributed by atoms with Gasteiger partial charge >= 0.3 is 0 Å². The van der Waals surface area contributed by atoms with Crippen LogP contribution in [0.1, 0.15) is 27.2 Å². The number of hydrogen-bond donors (Lipinski definition) is 2. The van der Waals surface area contributed by atoms with Gasteiger partial charge < -0.3 is 10.6 Å². The topological polar surface area (TPSA) is 89.4 Å². The Kier molecular flexibility index (Phi) is 4.81. The van der Waals surface area contributed by atoms with Crippen molar-refractivity contribution in [2.75, 3.05) is 17.7 Å². The molecule has 0 saturated carbocycles. The smallest absolute Gasteiger partial charge is 0.238 e. The third-order valence-electron chi connectivity index (χ3n) is 3.12. The molecule has 4 N–H and O–H groups in total. The lowest BCUT2D eigenvalue weighted by molar-refractivity contribution is 0.504. The molecule has 0 saturated heterocycles. The lowest BCUT2D eigenvalue weighted by Gasteiger charge is -2.29. The number of nitrogens with two attached hydrogens (primary N) is 2. The van der Waals surface area contributed by atoms with Gasteiger partial charge in [-0.15, -0.1) is 0 Å². The number of nitrogen functional groups attached to an aromatic ring is 1. The number of hydrogen-bond acceptors (Lipinski definition) is 4. The number of sulfonamides is 1. The molecular formula is C13H23N3O2S. The average molecular weight is 285 g/mol. The highest BCUT2D eigenvalue weighted by Crippen LogP contribution is 2.25. The van der Waals surface area contributed by atoms with E-state index in [4.69, 9.17) is 10.9 Å². The minimum Gasteiger partial charge on any atom is -0.399 e. The zero-order chi connectivity index (χ0) is 14.8. The molecule has 0 radical (unpaired) electrons. The van der Waals surface area contributed by atoms with Crippen LogP contribution in [0.3, 0.4) is 0 Å². The van der Waals surface area contributed by atoms with Crippen LogP contribution < -0.4 is 15.8 Å². The molecule has 0 aliphatic carbocycles. The maximum atomic E-state index is 11.4. The summed E-state index contributed by atoms with van der Waals surface area (Å²) < 4.78 is 22.8. The van der Waals surface area contributed by atoms with Crippen LogP contribution in [0.4, 0.5) is 11.4 Å². The molecule has 1 atom stereocenters. The van der Waals surface area contributed by atoms with Crippen LogP contribution in [0, 0.1) is 5.92 Å². The van der Waals surface area contributed by atoms with Crippen molar-refractivity contribution < 1.29 is 8.42 Å². The fraction of sp³-hybridized carbons (Fsp3) is 0.538. The van der Waals surface area contributed by atoms with E-state index in [1.807, 2.05) is 11.9 Å². The van der Waals surface area contributed by atoms with E-state index in [2.05, 4.69) is 20.8 Å². The maximum absolute atomic E-state index is 11.4. The van der Waals surface area contributed by atoms with E-state index in [0.29, 0.717) is 11.6 Å². The maximum Gasteiger partial charge on any atom is 0.238 e. The van der Waals surface area contributed by atoms with Gasteiger partial charge in [-0.3, -0.25) is 0 Å². The first-order valence-electron chi connectivity index (χ1n) is 6.27. The molecule has 0 spiro atoms. The van der Waals surface area contributed by atoms with Crippen molar-refractivity contribution in [2.45, 2.75) is 38.1 Å². The highest BCUT2D eigenvalue weighted by molar-refractivity contribution is 7.89. The first kappa shape index (κ1) is 15.8. The van der Waals surface area contributed by atoms with Crippen LogP contribution >= 0.6 is 0 Å². The van der Waals surface area contributed by atoms with Gasteiger partial charge in [-0.05, 0) is 37.5 Å². The SMILES string of the molecule is CC(C)CC(C)N(C)c1cc(N)cc(S(N)(=O)=O)c1. The van der Waals surface area contributed by atoms with E-state index in [0.717, 1.165) is 12.1 Å². The number of primary sulfonamides is 1. The molecule has 0 bridgehead atoms. The molecule has 0 amide bonds. The normalized spacial score (nSPS) is 13.6. The van der Waals surface area contributed by atoms with Crippen molar-refractivity contribution in [3.05, 3.63) is 18.2 Å². The Morgan fingerprint density at radius 2 is 1.79 bits per heavy atom. The lowest BCUT2D eigenvalue weighted by Crippen LogP contribution is -2.30. The van der Waals surface area contributed by atoms with Gasteiger partial charge in [0.05, 0.1) is 4.90 Å². The summed E-state index contributed by atoms with van der Waals surface area (Å²) in [5.74, 6) is 0.566. The van der Waals surface area contributed by atoms with Gasteiger partial charge in [-0.1, -0.05) is 13.8 Å². The zero-order valence-electron chi connectivity index (χ0n) is 11.9. The highest BCUT2D eigenvalue weighted by atomic mass is 32.2. The van der Waals surface area contributed by atoms with Crippen molar-refractivity contribution in [3.63, 3.8) is 0 Å². The van der Waals surface area contributed by atoms with Gasteiger partial charge in [0.25, 0.3) is 0 Å². The minimum atomic E-state index is -3.74. The van der Waals surface area contributed by atoms with Crippen LogP contribution in [0.5, 0.6) is 0 Å². The summed E-state index contributed by atoms with van der Waals surface area (Å²) in [6.45, 7) is 6.40. The Bertz CT molecular complexity index is 541. The summed E-state index contributed by atoms with van der Waals surface area (Å²) >= 11 is 0. The first-order valence-corrected chi connectivity index (χ1v) is 7.82. The molecule has 6 heteroatoms. The number of benzene rings is 1. The molecule has 1 rings (SSSR count). The minimum absolute atomic E-state index is 0.0473. The Morgan fingerprint density at radius 3 is 2.26 bits per heavy atom. The van der Waals surface area contributed by atoms with Gasteiger partial charge in [0.15, 0.2) is 0 Å². The van der Waals surface area contributed by atoms with Crippen molar-refractivity contribution in [1.82, 2.24) is 0 Å². The van der Waals surface area contributed by atoms with Crippen molar-refractivity contribution in [2.24, 2.45) is 11.1 Å². The second-order valence-electron chi connectivity index (χ2n) is 5.39. The van der Waals surface area contributed by atoms with E-state index in [1.165, 1.54) is 6.07 Å². The van der Waals surface area contributed by atoms with Crippen LogP contribution in [0.2, 0.25) is 0 Å². The fourth-order valence-electron chi connectivity index (χ4n) is 2.07. The fourth-order valence-corrected chi connectivity index (χ4v) is 2.65. The summed E-state index contributed by atoms with van der Waals surface area (Å²) in [6, 6.07) is 4.98. The lowest BCUT2D eigenvalue weighted by atomic mass is 10.0. The number of rotatable bonds is 5. The third kappa shape index (κ3) is 4.40. The molecule has 5 nitrogen and oxygen atoms in total. The second kappa shape index (κ2) is 5.79. The van der Waals surface area contributed by atoms with Gasteiger partial charge in [0.1, 0.15) is 0 Å². The van der Waals surface area contributed by atoms with E-state index in [9.17, 15) is 8.42 Å². The molecule has 0 fully saturated rings.